The van der Waals surface area contributed by atoms with E-state index in [1.165, 1.54) is 0 Å². The van der Waals surface area contributed by atoms with Gasteiger partial charge in [0, 0.05) is 11.0 Å². The van der Waals surface area contributed by atoms with Crippen molar-refractivity contribution in [3.63, 3.8) is 0 Å². The first kappa shape index (κ1) is 11.3. The van der Waals surface area contributed by atoms with E-state index in [-0.39, 0.29) is 23.4 Å². The second kappa shape index (κ2) is 2.85. The number of halogens is 1. The van der Waals surface area contributed by atoms with E-state index in [0.29, 0.717) is 0 Å². The van der Waals surface area contributed by atoms with E-state index in [4.69, 9.17) is 5.73 Å². The lowest BCUT2D eigenvalue weighted by molar-refractivity contribution is -0.0501. The normalized spacial score (nSPS) is 43.4. The van der Waals surface area contributed by atoms with Crippen LogP contribution in [0.5, 0.6) is 0 Å². The number of hydrogen-bond donors (Lipinski definition) is 2. The molecule has 0 radical (unpaired) electrons. The summed E-state index contributed by atoms with van der Waals surface area (Å²) < 4.78 is 0. The summed E-state index contributed by atoms with van der Waals surface area (Å²) in [7, 11) is 0. The lowest BCUT2D eigenvalue weighted by atomic mass is 9.71. The molecule has 78 valence electrons. The van der Waals surface area contributed by atoms with Crippen molar-refractivity contribution in [2.45, 2.75) is 57.1 Å². The molecule has 2 bridgehead atoms. The number of hydrogen-bond acceptors (Lipinski definition) is 2. The van der Waals surface area contributed by atoms with Gasteiger partial charge in [-0.05, 0) is 46.0 Å². The molecule has 0 aromatic heterocycles. The van der Waals surface area contributed by atoms with E-state index < -0.39 is 5.60 Å². The Morgan fingerprint density at radius 2 is 1.62 bits per heavy atom. The second-order valence-corrected chi connectivity index (χ2v) is 5.38. The van der Waals surface area contributed by atoms with Crippen LogP contribution in [0.25, 0.3) is 0 Å². The average Bonchev–Trinajstić information content (AvgIpc) is 2.40. The Labute approximate surface area is 86.3 Å². The molecular weight excluding hydrogens is 186 g/mol. The Kier molecular flexibility index (Phi) is 2.47. The van der Waals surface area contributed by atoms with Crippen molar-refractivity contribution < 1.29 is 5.11 Å². The minimum Gasteiger partial charge on any atom is -0.390 e. The van der Waals surface area contributed by atoms with E-state index in [1.54, 1.807) is 0 Å². The van der Waals surface area contributed by atoms with Gasteiger partial charge in [-0.25, -0.2) is 0 Å². The van der Waals surface area contributed by atoms with Gasteiger partial charge in [-0.1, -0.05) is 0 Å². The third-order valence-corrected chi connectivity index (χ3v) is 4.19. The van der Waals surface area contributed by atoms with Crippen molar-refractivity contribution in [2.75, 3.05) is 0 Å². The minimum absolute atomic E-state index is 0. The lowest BCUT2D eigenvalue weighted by Crippen LogP contribution is -2.40. The summed E-state index contributed by atoms with van der Waals surface area (Å²) in [6, 6.07) is 0. The molecule has 0 aromatic carbocycles. The molecule has 2 fully saturated rings. The van der Waals surface area contributed by atoms with Crippen LogP contribution in [0.4, 0.5) is 0 Å². The fraction of sp³-hybridized carbons (Fsp3) is 1.00. The fourth-order valence-electron chi connectivity index (χ4n) is 3.08. The van der Waals surface area contributed by atoms with Gasteiger partial charge in [0.05, 0.1) is 5.60 Å². The van der Waals surface area contributed by atoms with Crippen LogP contribution in [0, 0.1) is 5.41 Å². The summed E-state index contributed by atoms with van der Waals surface area (Å²) in [4.78, 5) is 0. The summed E-state index contributed by atoms with van der Waals surface area (Å²) >= 11 is 0. The Bertz CT molecular complexity index is 201. The molecule has 0 unspecified atom stereocenters. The van der Waals surface area contributed by atoms with Gasteiger partial charge in [0.25, 0.3) is 0 Å². The Morgan fingerprint density at radius 1 is 1.15 bits per heavy atom. The van der Waals surface area contributed by atoms with Gasteiger partial charge < -0.3 is 10.8 Å². The van der Waals surface area contributed by atoms with Crippen molar-refractivity contribution in [1.82, 2.24) is 0 Å². The first-order chi connectivity index (χ1) is 5.37. The van der Waals surface area contributed by atoms with Crippen molar-refractivity contribution in [3.8, 4) is 0 Å². The van der Waals surface area contributed by atoms with Gasteiger partial charge in [-0.2, -0.15) is 0 Å². The second-order valence-electron chi connectivity index (χ2n) is 5.38. The van der Waals surface area contributed by atoms with Crippen LogP contribution < -0.4 is 5.73 Å². The molecule has 0 heterocycles. The van der Waals surface area contributed by atoms with E-state index in [1.807, 2.05) is 13.8 Å². The fourth-order valence-corrected chi connectivity index (χ4v) is 3.08. The van der Waals surface area contributed by atoms with E-state index in [0.717, 1.165) is 32.1 Å². The third kappa shape index (κ3) is 1.49. The Balaban J connectivity index is 0.000000845. The van der Waals surface area contributed by atoms with Crippen LogP contribution in [0.3, 0.4) is 0 Å². The molecular formula is C10H20ClNO. The molecule has 3 heteroatoms. The predicted molar refractivity (Wildman–Crippen MR) is 56.0 cm³/mol. The van der Waals surface area contributed by atoms with Crippen LogP contribution in [0.15, 0.2) is 0 Å². The van der Waals surface area contributed by atoms with Gasteiger partial charge in [0.1, 0.15) is 0 Å². The molecule has 2 nitrogen and oxygen atoms in total. The zero-order valence-electron chi connectivity index (χ0n) is 8.47. The van der Waals surface area contributed by atoms with Crippen molar-refractivity contribution in [1.29, 1.82) is 0 Å². The van der Waals surface area contributed by atoms with E-state index in [9.17, 15) is 5.11 Å². The number of aliphatic hydroxyl groups is 1. The average molecular weight is 206 g/mol. The minimum atomic E-state index is -0.537. The van der Waals surface area contributed by atoms with Crippen LogP contribution in [0.2, 0.25) is 0 Å². The van der Waals surface area contributed by atoms with Gasteiger partial charge in [-0.3, -0.25) is 0 Å². The summed E-state index contributed by atoms with van der Waals surface area (Å²) in [5, 5.41) is 10.1. The summed E-state index contributed by atoms with van der Waals surface area (Å²) in [5.41, 5.74) is 5.84. The zero-order valence-corrected chi connectivity index (χ0v) is 9.28. The van der Waals surface area contributed by atoms with Crippen molar-refractivity contribution in [2.24, 2.45) is 11.1 Å². The zero-order chi connectivity index (χ0) is 9.04. The Morgan fingerprint density at radius 3 is 1.77 bits per heavy atom. The van der Waals surface area contributed by atoms with E-state index >= 15 is 0 Å². The summed E-state index contributed by atoms with van der Waals surface area (Å²) in [6.07, 6.45) is 5.48. The molecule has 0 saturated heterocycles. The molecule has 2 rings (SSSR count). The molecule has 3 N–H and O–H groups in total. The highest BCUT2D eigenvalue weighted by Crippen LogP contribution is 2.60. The number of rotatable bonds is 1. The summed E-state index contributed by atoms with van der Waals surface area (Å²) in [6.45, 7) is 3.87. The first-order valence-electron chi connectivity index (χ1n) is 4.88. The van der Waals surface area contributed by atoms with Gasteiger partial charge in [0.15, 0.2) is 0 Å². The van der Waals surface area contributed by atoms with Crippen molar-refractivity contribution in [3.05, 3.63) is 0 Å². The maximum atomic E-state index is 10.1. The van der Waals surface area contributed by atoms with Crippen LogP contribution >= 0.6 is 12.4 Å². The van der Waals surface area contributed by atoms with Crippen molar-refractivity contribution >= 4 is 12.4 Å². The summed E-state index contributed by atoms with van der Waals surface area (Å²) in [5.74, 6) is 0. The van der Waals surface area contributed by atoms with Crippen LogP contribution in [-0.2, 0) is 0 Å². The number of nitrogens with two attached hydrogens (primary N) is 1. The molecule has 13 heavy (non-hydrogen) atoms. The monoisotopic (exact) mass is 205 g/mol. The molecule has 0 amide bonds. The largest absolute Gasteiger partial charge is 0.390 e. The quantitative estimate of drug-likeness (QED) is 0.687. The molecule has 0 atom stereocenters. The predicted octanol–water partition coefficient (Wildman–Crippen LogP) is 1.84. The highest BCUT2D eigenvalue weighted by atomic mass is 35.5. The highest BCUT2D eigenvalue weighted by Gasteiger charge is 2.58. The van der Waals surface area contributed by atoms with Gasteiger partial charge >= 0.3 is 0 Å². The molecule has 2 aliphatic rings. The molecule has 2 saturated carbocycles. The van der Waals surface area contributed by atoms with Gasteiger partial charge in [-0.15, -0.1) is 12.4 Å². The SMILES string of the molecule is CC(C)(O)C12CCC(N)(CC1)C2.Cl. The standard InChI is InChI=1S/C10H19NO.ClH/c1-8(2,12)9-3-5-10(11,7-9)6-4-9;/h12H,3-7,11H2,1-2H3;1H. The molecule has 0 spiro atoms. The molecule has 0 aliphatic heterocycles. The smallest absolute Gasteiger partial charge is 0.0648 e. The maximum absolute atomic E-state index is 10.1. The maximum Gasteiger partial charge on any atom is 0.0648 e. The molecule has 0 aromatic rings. The third-order valence-electron chi connectivity index (χ3n) is 4.19. The highest BCUT2D eigenvalue weighted by molar-refractivity contribution is 5.85. The van der Waals surface area contributed by atoms with Crippen LogP contribution in [0.1, 0.15) is 46.0 Å². The van der Waals surface area contributed by atoms with Crippen LogP contribution in [-0.4, -0.2) is 16.2 Å². The Hall–Kier alpha value is 0.210. The molecule has 2 aliphatic carbocycles. The topological polar surface area (TPSA) is 46.2 Å². The van der Waals surface area contributed by atoms with E-state index in [2.05, 4.69) is 0 Å². The van der Waals surface area contributed by atoms with Gasteiger partial charge in [0.2, 0.25) is 0 Å². The lowest BCUT2D eigenvalue weighted by Gasteiger charge is -2.38. The number of fused-ring (bicyclic) bond motifs is 2. The first-order valence-corrected chi connectivity index (χ1v) is 4.88.